The molecule has 1 saturated heterocycles. The number of nitrogens with zero attached hydrogens (tertiary/aromatic N) is 2. The number of H-pyrrole nitrogens is 1. The highest BCUT2D eigenvalue weighted by molar-refractivity contribution is 7.99. The van der Waals surface area contributed by atoms with Gasteiger partial charge in [0.25, 0.3) is 5.56 Å². The van der Waals surface area contributed by atoms with E-state index in [-0.39, 0.29) is 11.5 Å². The van der Waals surface area contributed by atoms with Crippen LogP contribution in [0.1, 0.15) is 47.5 Å². The molecule has 1 aromatic carbocycles. The summed E-state index contributed by atoms with van der Waals surface area (Å²) < 4.78 is 0. The van der Waals surface area contributed by atoms with Gasteiger partial charge in [-0.2, -0.15) is 0 Å². The molecule has 5 rings (SSSR count). The molecule has 3 heterocycles. The molecule has 0 unspecified atom stereocenters. The third-order valence-electron chi connectivity index (χ3n) is 6.67. The fraction of sp³-hybridized carbons (Fsp3) is 0.480. The molecule has 2 aromatic heterocycles. The summed E-state index contributed by atoms with van der Waals surface area (Å²) in [5.41, 5.74) is 2.59. The number of carbonyl (C=O) groups excluding carboxylic acids is 1. The number of benzene rings is 1. The summed E-state index contributed by atoms with van der Waals surface area (Å²) in [6, 6.07) is 10.6. The van der Waals surface area contributed by atoms with Crippen molar-refractivity contribution >= 4 is 39.2 Å². The number of nitrogens with one attached hydrogen (secondary N) is 1. The maximum atomic E-state index is 12.7. The van der Waals surface area contributed by atoms with Crippen LogP contribution in [0.15, 0.2) is 35.1 Å². The average molecular weight is 468 g/mol. The Labute approximate surface area is 196 Å². The van der Waals surface area contributed by atoms with Crippen LogP contribution in [0.5, 0.6) is 0 Å². The Bertz CT molecular complexity index is 1150. The molecule has 0 atom stereocenters. The molecule has 0 saturated carbocycles. The third kappa shape index (κ3) is 4.79. The number of thioether (sulfide) groups is 1. The molecule has 32 heavy (non-hydrogen) atoms. The lowest BCUT2D eigenvalue weighted by atomic mass is 9.90. The zero-order valence-corrected chi connectivity index (χ0v) is 19.9. The lowest BCUT2D eigenvalue weighted by Gasteiger charge is -2.32. The van der Waals surface area contributed by atoms with Crippen molar-refractivity contribution in [1.29, 1.82) is 0 Å². The Morgan fingerprint density at radius 3 is 2.75 bits per heavy atom. The molecule has 7 heteroatoms. The first-order valence-corrected chi connectivity index (χ1v) is 13.6. The van der Waals surface area contributed by atoms with E-state index in [0.29, 0.717) is 23.2 Å². The first kappa shape index (κ1) is 21.7. The minimum Gasteiger partial charge on any atom is -0.342 e. The lowest BCUT2D eigenvalue weighted by molar-refractivity contribution is -0.129. The van der Waals surface area contributed by atoms with Crippen molar-refractivity contribution in [1.82, 2.24) is 14.9 Å². The Balaban J connectivity index is 1.12. The molecule has 0 spiro atoms. The fourth-order valence-electron chi connectivity index (χ4n) is 4.94. The van der Waals surface area contributed by atoms with E-state index in [0.717, 1.165) is 61.8 Å². The molecule has 1 aliphatic heterocycles. The zero-order chi connectivity index (χ0) is 21.9. The summed E-state index contributed by atoms with van der Waals surface area (Å²) in [5.74, 6) is 2.53. The first-order valence-electron chi connectivity index (χ1n) is 11.6. The number of thiophene rings is 1. The number of fused-ring (bicyclic) bond motifs is 3. The van der Waals surface area contributed by atoms with Gasteiger partial charge in [0.1, 0.15) is 10.7 Å². The van der Waals surface area contributed by atoms with Gasteiger partial charge in [-0.15, -0.1) is 23.1 Å². The second-order valence-electron chi connectivity index (χ2n) is 8.91. The predicted molar refractivity (Wildman–Crippen MR) is 132 cm³/mol. The van der Waals surface area contributed by atoms with Crippen molar-refractivity contribution in [2.45, 2.75) is 50.7 Å². The van der Waals surface area contributed by atoms with Gasteiger partial charge in [-0.1, -0.05) is 30.3 Å². The van der Waals surface area contributed by atoms with Crippen LogP contribution in [0.3, 0.4) is 0 Å². The van der Waals surface area contributed by atoms with Gasteiger partial charge in [-0.05, 0) is 62.0 Å². The van der Waals surface area contributed by atoms with Crippen molar-refractivity contribution in [2.24, 2.45) is 5.92 Å². The number of amides is 1. The number of aryl methyl sites for hydroxylation is 2. The SMILES string of the molecule is O=C(CSCc1nc2sc3c(c2c(=O)[nH]1)CCCC3)N1CCC(Cc2ccccc2)CC1. The Morgan fingerprint density at radius 1 is 1.16 bits per heavy atom. The van der Waals surface area contributed by atoms with Crippen LogP contribution in [0.2, 0.25) is 0 Å². The summed E-state index contributed by atoms with van der Waals surface area (Å²) in [5, 5.41) is 0.799. The zero-order valence-electron chi connectivity index (χ0n) is 18.3. The highest BCUT2D eigenvalue weighted by Gasteiger charge is 2.23. The van der Waals surface area contributed by atoms with Gasteiger partial charge in [0.2, 0.25) is 5.91 Å². The van der Waals surface area contributed by atoms with Gasteiger partial charge < -0.3 is 9.88 Å². The molecule has 1 fully saturated rings. The van der Waals surface area contributed by atoms with Crippen molar-refractivity contribution in [3.63, 3.8) is 0 Å². The minimum atomic E-state index is -0.0168. The molecule has 3 aromatic rings. The van der Waals surface area contributed by atoms with E-state index in [1.807, 2.05) is 4.90 Å². The van der Waals surface area contributed by atoms with E-state index >= 15 is 0 Å². The van der Waals surface area contributed by atoms with Gasteiger partial charge in [0.05, 0.1) is 16.9 Å². The van der Waals surface area contributed by atoms with Crippen LogP contribution >= 0.6 is 23.1 Å². The molecule has 168 valence electrons. The summed E-state index contributed by atoms with van der Waals surface area (Å²) in [6.07, 6.45) is 7.65. The number of hydrogen-bond donors (Lipinski definition) is 1. The van der Waals surface area contributed by atoms with Crippen LogP contribution in [-0.2, 0) is 29.8 Å². The Morgan fingerprint density at radius 2 is 1.94 bits per heavy atom. The van der Waals surface area contributed by atoms with Crippen LogP contribution in [0.25, 0.3) is 10.2 Å². The number of likely N-dealkylation sites (tertiary alicyclic amines) is 1. The van der Waals surface area contributed by atoms with Crippen LogP contribution in [0.4, 0.5) is 0 Å². The number of rotatable bonds is 6. The quantitative estimate of drug-likeness (QED) is 0.576. The van der Waals surface area contributed by atoms with E-state index in [1.165, 1.54) is 22.4 Å². The van der Waals surface area contributed by atoms with Crippen molar-refractivity contribution in [2.75, 3.05) is 18.8 Å². The summed E-state index contributed by atoms with van der Waals surface area (Å²) in [7, 11) is 0. The largest absolute Gasteiger partial charge is 0.342 e. The monoisotopic (exact) mass is 467 g/mol. The minimum absolute atomic E-state index is 0.0168. The lowest BCUT2D eigenvalue weighted by Crippen LogP contribution is -2.39. The smallest absolute Gasteiger partial charge is 0.259 e. The number of carbonyl (C=O) groups is 1. The van der Waals surface area contributed by atoms with Gasteiger partial charge >= 0.3 is 0 Å². The van der Waals surface area contributed by atoms with E-state index < -0.39 is 0 Å². The van der Waals surface area contributed by atoms with Gasteiger partial charge in [0.15, 0.2) is 0 Å². The molecule has 1 aliphatic carbocycles. The van der Waals surface area contributed by atoms with E-state index in [9.17, 15) is 9.59 Å². The number of hydrogen-bond acceptors (Lipinski definition) is 5. The van der Waals surface area contributed by atoms with Crippen molar-refractivity contribution in [3.8, 4) is 0 Å². The predicted octanol–water partition coefficient (Wildman–Crippen LogP) is 4.58. The van der Waals surface area contributed by atoms with Crippen LogP contribution < -0.4 is 5.56 Å². The summed E-state index contributed by atoms with van der Waals surface area (Å²) in [4.78, 5) is 37.2. The van der Waals surface area contributed by atoms with Crippen molar-refractivity contribution < 1.29 is 4.79 Å². The molecule has 2 aliphatic rings. The Hall–Kier alpha value is -2.12. The van der Waals surface area contributed by atoms with Gasteiger partial charge in [0, 0.05) is 18.0 Å². The average Bonchev–Trinajstić information content (AvgIpc) is 3.19. The normalized spacial score (nSPS) is 16.9. The molecular formula is C25H29N3O2S2. The third-order valence-corrected chi connectivity index (χ3v) is 8.79. The fourth-order valence-corrected chi connectivity index (χ4v) is 7.01. The number of aromatic nitrogens is 2. The highest BCUT2D eigenvalue weighted by atomic mass is 32.2. The van der Waals surface area contributed by atoms with E-state index in [1.54, 1.807) is 23.1 Å². The molecular weight excluding hydrogens is 438 g/mol. The van der Waals surface area contributed by atoms with Crippen LogP contribution in [0, 0.1) is 5.92 Å². The summed E-state index contributed by atoms with van der Waals surface area (Å²) >= 11 is 3.22. The van der Waals surface area contributed by atoms with E-state index in [4.69, 9.17) is 4.98 Å². The maximum absolute atomic E-state index is 12.7. The topological polar surface area (TPSA) is 66.1 Å². The molecule has 0 bridgehead atoms. The second-order valence-corrected chi connectivity index (χ2v) is 11.0. The van der Waals surface area contributed by atoms with Crippen molar-refractivity contribution in [3.05, 3.63) is 62.5 Å². The molecule has 0 radical (unpaired) electrons. The standard InChI is InChI=1S/C25H29N3O2S2/c29-22(28-12-10-18(11-13-28)14-17-6-2-1-3-7-17)16-31-15-21-26-24(30)23-19-8-4-5-9-20(19)32-25(23)27-21/h1-3,6-7,18H,4-5,8-16H2,(H,26,27,30). The molecule has 1 amide bonds. The molecule has 1 N–H and O–H groups in total. The summed E-state index contributed by atoms with van der Waals surface area (Å²) in [6.45, 7) is 1.69. The van der Waals surface area contributed by atoms with Gasteiger partial charge in [-0.25, -0.2) is 4.98 Å². The van der Waals surface area contributed by atoms with E-state index in [2.05, 4.69) is 35.3 Å². The maximum Gasteiger partial charge on any atom is 0.259 e. The number of aromatic amines is 1. The number of piperidine rings is 1. The van der Waals surface area contributed by atoms with Gasteiger partial charge in [-0.3, -0.25) is 9.59 Å². The first-order chi connectivity index (χ1) is 15.7. The Kier molecular flexibility index (Phi) is 6.64. The molecule has 5 nitrogen and oxygen atoms in total. The second kappa shape index (κ2) is 9.79. The van der Waals surface area contributed by atoms with Crippen LogP contribution in [-0.4, -0.2) is 39.6 Å². The highest BCUT2D eigenvalue weighted by Crippen LogP contribution is 2.33.